The summed E-state index contributed by atoms with van der Waals surface area (Å²) in [5.74, 6) is -0.606. The molecule has 0 bridgehead atoms. The molecule has 3 aromatic rings. The normalized spacial score (nSPS) is 11.4. The van der Waals surface area contributed by atoms with Crippen LogP contribution in [0.2, 0.25) is 0 Å². The van der Waals surface area contributed by atoms with Gasteiger partial charge < -0.3 is 15.8 Å². The number of hydrogen-bond donors (Lipinski definition) is 3. The van der Waals surface area contributed by atoms with Crippen LogP contribution in [0.4, 0.5) is 11.4 Å². The number of azo groups is 1. The molecule has 1 heterocycles. The Kier molecular flexibility index (Phi) is 3.57. The van der Waals surface area contributed by atoms with E-state index < -0.39 is 5.91 Å². The van der Waals surface area contributed by atoms with Gasteiger partial charge in [0.25, 0.3) is 5.91 Å². The maximum Gasteiger partial charge on any atom is 0.295 e. The number of nitrogen functional groups attached to an aromatic ring is 1. The van der Waals surface area contributed by atoms with Crippen LogP contribution >= 0.6 is 0 Å². The fraction of sp³-hybridized carbons (Fsp3) is 0.118. The molecule has 3 rings (SSSR count). The number of aryl methyl sites for hydroxylation is 2. The summed E-state index contributed by atoms with van der Waals surface area (Å²) in [6.45, 7) is 3.94. The molecular weight excluding hydrogens is 292 g/mol. The van der Waals surface area contributed by atoms with Crippen molar-refractivity contribution in [2.45, 2.75) is 13.8 Å². The highest BCUT2D eigenvalue weighted by atomic mass is 16.3. The van der Waals surface area contributed by atoms with Gasteiger partial charge in [-0.3, -0.25) is 4.79 Å². The third-order valence-corrected chi connectivity index (χ3v) is 3.86. The summed E-state index contributed by atoms with van der Waals surface area (Å²) in [4.78, 5) is 14.9. The van der Waals surface area contributed by atoms with E-state index in [4.69, 9.17) is 5.73 Å². The number of fused-ring (bicyclic) bond motifs is 1. The highest BCUT2D eigenvalue weighted by molar-refractivity contribution is 5.98. The predicted octanol–water partition coefficient (Wildman–Crippen LogP) is 4.00. The van der Waals surface area contributed by atoms with Crippen molar-refractivity contribution in [2.75, 3.05) is 5.73 Å². The first-order valence-electron chi connectivity index (χ1n) is 7.10. The number of nitrogens with zero attached hydrogens (tertiary/aromatic N) is 2. The summed E-state index contributed by atoms with van der Waals surface area (Å²) in [7, 11) is 0. The van der Waals surface area contributed by atoms with E-state index in [1.807, 2.05) is 26.0 Å². The quantitative estimate of drug-likeness (QED) is 0.492. The van der Waals surface area contributed by atoms with Crippen LogP contribution in [0, 0.1) is 13.8 Å². The third kappa shape index (κ3) is 2.66. The van der Waals surface area contributed by atoms with Crippen molar-refractivity contribution in [3.63, 3.8) is 0 Å². The van der Waals surface area contributed by atoms with E-state index in [-0.39, 0.29) is 11.6 Å². The maximum atomic E-state index is 12.0. The second-order valence-electron chi connectivity index (χ2n) is 5.38. The molecule has 0 radical (unpaired) electrons. The van der Waals surface area contributed by atoms with Gasteiger partial charge in [0.05, 0.1) is 5.52 Å². The molecule has 2 aromatic carbocycles. The van der Waals surface area contributed by atoms with Gasteiger partial charge in [-0.2, -0.15) is 0 Å². The molecule has 6 heteroatoms. The standard InChI is InChI=1S/C17H16N4O2/c1-9-3-8-13-14(10(9)2)19-17(23)15(13)20-21-16(22)11-4-6-12(18)7-5-11/h3-8,19,23H,18H2,1-2H3. The summed E-state index contributed by atoms with van der Waals surface area (Å²) >= 11 is 0. The lowest BCUT2D eigenvalue weighted by molar-refractivity contribution is 0.0995. The fourth-order valence-corrected chi connectivity index (χ4v) is 2.36. The Morgan fingerprint density at radius 1 is 1.13 bits per heavy atom. The number of nitrogens with two attached hydrogens (primary N) is 1. The van der Waals surface area contributed by atoms with Crippen molar-refractivity contribution in [1.29, 1.82) is 0 Å². The average molecular weight is 308 g/mol. The summed E-state index contributed by atoms with van der Waals surface area (Å²) in [6.07, 6.45) is 0. The summed E-state index contributed by atoms with van der Waals surface area (Å²) in [5, 5.41) is 18.4. The highest BCUT2D eigenvalue weighted by Gasteiger charge is 2.13. The SMILES string of the molecule is Cc1ccc2c(N=NC(=O)c3ccc(N)cc3)c(O)[nH]c2c1C. The smallest absolute Gasteiger partial charge is 0.295 e. The van der Waals surface area contributed by atoms with Crippen LogP contribution in [0.3, 0.4) is 0 Å². The largest absolute Gasteiger partial charge is 0.493 e. The van der Waals surface area contributed by atoms with E-state index in [0.717, 1.165) is 22.0 Å². The van der Waals surface area contributed by atoms with Crippen molar-refractivity contribution in [3.05, 3.63) is 53.1 Å². The van der Waals surface area contributed by atoms with Crippen molar-refractivity contribution in [1.82, 2.24) is 4.98 Å². The monoisotopic (exact) mass is 308 g/mol. The maximum absolute atomic E-state index is 12.0. The second-order valence-corrected chi connectivity index (χ2v) is 5.38. The van der Waals surface area contributed by atoms with E-state index >= 15 is 0 Å². The molecule has 0 atom stereocenters. The van der Waals surface area contributed by atoms with Gasteiger partial charge in [0.15, 0.2) is 5.69 Å². The minimum atomic E-state index is -0.498. The Morgan fingerprint density at radius 3 is 2.52 bits per heavy atom. The minimum absolute atomic E-state index is 0.109. The van der Waals surface area contributed by atoms with Gasteiger partial charge in [0.2, 0.25) is 5.88 Å². The molecule has 23 heavy (non-hydrogen) atoms. The number of aromatic nitrogens is 1. The first kappa shape index (κ1) is 14.8. The lowest BCUT2D eigenvalue weighted by Crippen LogP contribution is -1.94. The number of amides is 1. The molecule has 6 nitrogen and oxygen atoms in total. The van der Waals surface area contributed by atoms with Crippen LogP contribution in [-0.2, 0) is 0 Å². The van der Waals surface area contributed by atoms with Crippen molar-refractivity contribution < 1.29 is 9.90 Å². The molecule has 0 aliphatic carbocycles. The number of hydrogen-bond acceptors (Lipinski definition) is 4. The summed E-state index contributed by atoms with van der Waals surface area (Å²) < 4.78 is 0. The Morgan fingerprint density at radius 2 is 1.83 bits per heavy atom. The number of nitrogens with one attached hydrogen (secondary N) is 1. The van der Waals surface area contributed by atoms with Gasteiger partial charge in [-0.25, -0.2) is 0 Å². The number of anilines is 1. The van der Waals surface area contributed by atoms with Gasteiger partial charge in [-0.1, -0.05) is 12.1 Å². The molecular formula is C17H16N4O2. The van der Waals surface area contributed by atoms with Crippen LogP contribution in [0.15, 0.2) is 46.6 Å². The Labute approximate surface area is 132 Å². The van der Waals surface area contributed by atoms with Gasteiger partial charge >= 0.3 is 0 Å². The van der Waals surface area contributed by atoms with Crippen LogP contribution in [0.1, 0.15) is 21.5 Å². The summed E-state index contributed by atoms with van der Waals surface area (Å²) in [5.41, 5.74) is 9.70. The summed E-state index contributed by atoms with van der Waals surface area (Å²) in [6, 6.07) is 10.2. The van der Waals surface area contributed by atoms with Crippen molar-refractivity contribution in [2.24, 2.45) is 10.2 Å². The van der Waals surface area contributed by atoms with Gasteiger partial charge in [-0.05, 0) is 49.2 Å². The number of carbonyl (C=O) groups excluding carboxylic acids is 1. The lowest BCUT2D eigenvalue weighted by atomic mass is 10.1. The first-order valence-corrected chi connectivity index (χ1v) is 7.10. The number of carbonyl (C=O) groups is 1. The Balaban J connectivity index is 1.98. The Hall–Kier alpha value is -3.15. The zero-order valence-electron chi connectivity index (χ0n) is 12.8. The zero-order chi connectivity index (χ0) is 16.6. The lowest BCUT2D eigenvalue weighted by Gasteiger charge is -2.00. The third-order valence-electron chi connectivity index (χ3n) is 3.86. The molecule has 0 aliphatic rings. The molecule has 0 saturated heterocycles. The van der Waals surface area contributed by atoms with Crippen LogP contribution in [-0.4, -0.2) is 16.0 Å². The van der Waals surface area contributed by atoms with Gasteiger partial charge in [0, 0.05) is 16.6 Å². The molecule has 116 valence electrons. The number of rotatable bonds is 2. The number of H-pyrrole nitrogens is 1. The number of aromatic amines is 1. The molecule has 4 N–H and O–H groups in total. The van der Waals surface area contributed by atoms with Crippen molar-refractivity contribution >= 4 is 28.2 Å². The van der Waals surface area contributed by atoms with Crippen LogP contribution < -0.4 is 5.73 Å². The zero-order valence-corrected chi connectivity index (χ0v) is 12.8. The van der Waals surface area contributed by atoms with Gasteiger partial charge in [-0.15, -0.1) is 10.2 Å². The number of aromatic hydroxyl groups is 1. The van der Waals surface area contributed by atoms with E-state index in [1.54, 1.807) is 24.3 Å². The predicted molar refractivity (Wildman–Crippen MR) is 89.1 cm³/mol. The minimum Gasteiger partial charge on any atom is -0.493 e. The fourth-order valence-electron chi connectivity index (χ4n) is 2.36. The topological polar surface area (TPSA) is 104 Å². The Bertz CT molecular complexity index is 924. The molecule has 0 unspecified atom stereocenters. The van der Waals surface area contributed by atoms with Crippen LogP contribution in [0.25, 0.3) is 10.9 Å². The van der Waals surface area contributed by atoms with Gasteiger partial charge in [0.1, 0.15) is 0 Å². The average Bonchev–Trinajstić information content (AvgIpc) is 2.86. The molecule has 0 aliphatic heterocycles. The van der Waals surface area contributed by atoms with E-state index in [0.29, 0.717) is 11.3 Å². The molecule has 0 saturated carbocycles. The highest BCUT2D eigenvalue weighted by Crippen LogP contribution is 2.37. The molecule has 0 fully saturated rings. The van der Waals surface area contributed by atoms with E-state index in [1.165, 1.54) is 0 Å². The number of benzene rings is 2. The second kappa shape index (κ2) is 5.57. The molecule has 0 spiro atoms. The molecule has 1 amide bonds. The van der Waals surface area contributed by atoms with Crippen LogP contribution in [0.5, 0.6) is 5.88 Å². The first-order chi connectivity index (χ1) is 11.0. The van der Waals surface area contributed by atoms with E-state index in [2.05, 4.69) is 15.2 Å². The molecule has 1 aromatic heterocycles. The van der Waals surface area contributed by atoms with E-state index in [9.17, 15) is 9.90 Å². The van der Waals surface area contributed by atoms with Crippen molar-refractivity contribution in [3.8, 4) is 5.88 Å².